The van der Waals surface area contributed by atoms with Gasteiger partial charge in [-0.25, -0.2) is 4.99 Å². The van der Waals surface area contributed by atoms with Crippen molar-refractivity contribution in [2.24, 2.45) is 4.99 Å². The van der Waals surface area contributed by atoms with Gasteiger partial charge >= 0.3 is 0 Å². The van der Waals surface area contributed by atoms with E-state index in [1.165, 1.54) is 11.3 Å². The molecule has 228 valence electrons. The number of thiazole rings is 1. The smallest absolute Gasteiger partial charge is 0.271 e. The van der Waals surface area contributed by atoms with Gasteiger partial charge in [-0.3, -0.25) is 14.2 Å². The van der Waals surface area contributed by atoms with Crippen LogP contribution in [0.4, 0.5) is 5.69 Å². The minimum Gasteiger partial charge on any atom is -0.493 e. The maximum absolute atomic E-state index is 14.3. The molecule has 0 fully saturated rings. The van der Waals surface area contributed by atoms with E-state index in [9.17, 15) is 9.59 Å². The second-order valence-corrected chi connectivity index (χ2v) is 11.6. The number of methoxy groups -OCH3 is 2. The Morgan fingerprint density at radius 3 is 2.38 bits per heavy atom. The Hall–Kier alpha value is -5.15. The van der Waals surface area contributed by atoms with Gasteiger partial charge in [-0.1, -0.05) is 65.9 Å². The number of aromatic nitrogens is 1. The van der Waals surface area contributed by atoms with Crippen molar-refractivity contribution < 1.29 is 19.0 Å². The molecular weight excluding hydrogens is 586 g/mol. The first kappa shape index (κ1) is 29.9. The fourth-order valence-corrected chi connectivity index (χ4v) is 6.73. The van der Waals surface area contributed by atoms with Crippen molar-refractivity contribution in [1.82, 2.24) is 4.57 Å². The summed E-state index contributed by atoms with van der Waals surface area (Å²) < 4.78 is 19.0. The third-order valence-corrected chi connectivity index (χ3v) is 8.87. The molecule has 8 nitrogen and oxygen atoms in total. The highest BCUT2D eigenvalue weighted by Gasteiger charge is 2.33. The van der Waals surface area contributed by atoms with Crippen molar-refractivity contribution in [3.8, 4) is 17.2 Å². The predicted molar refractivity (Wildman–Crippen MR) is 178 cm³/mol. The molecule has 4 aromatic carbocycles. The van der Waals surface area contributed by atoms with E-state index in [4.69, 9.17) is 19.2 Å². The van der Waals surface area contributed by atoms with E-state index < -0.39 is 6.04 Å². The summed E-state index contributed by atoms with van der Waals surface area (Å²) in [5.74, 6) is 1.49. The molecule has 1 aromatic heterocycles. The maximum Gasteiger partial charge on any atom is 0.271 e. The van der Waals surface area contributed by atoms with Gasteiger partial charge in [0.2, 0.25) is 0 Å². The number of nitrogens with one attached hydrogen (secondary N) is 1. The monoisotopic (exact) mass is 619 g/mol. The van der Waals surface area contributed by atoms with Crippen LogP contribution in [0.25, 0.3) is 16.8 Å². The van der Waals surface area contributed by atoms with E-state index in [1.54, 1.807) is 37.8 Å². The first-order chi connectivity index (χ1) is 21.8. The number of allylic oxidation sites excluding steroid dienone is 1. The van der Waals surface area contributed by atoms with Crippen LogP contribution in [-0.2, 0) is 4.79 Å². The van der Waals surface area contributed by atoms with Crippen LogP contribution in [0.15, 0.2) is 99.9 Å². The lowest BCUT2D eigenvalue weighted by Gasteiger charge is -2.26. The average Bonchev–Trinajstić information content (AvgIpc) is 3.35. The van der Waals surface area contributed by atoms with Gasteiger partial charge in [0.05, 0.1) is 42.7 Å². The van der Waals surface area contributed by atoms with E-state index in [0.717, 1.165) is 27.6 Å². The summed E-state index contributed by atoms with van der Waals surface area (Å²) >= 11 is 1.29. The molecule has 2 heterocycles. The van der Waals surface area contributed by atoms with Crippen LogP contribution >= 0.6 is 11.3 Å². The van der Waals surface area contributed by atoms with E-state index in [-0.39, 0.29) is 11.5 Å². The maximum atomic E-state index is 14.3. The highest BCUT2D eigenvalue weighted by atomic mass is 32.1. The number of benzene rings is 4. The Labute approximate surface area is 264 Å². The number of fused-ring (bicyclic) bond motifs is 2. The number of anilines is 1. The molecule has 1 atom stereocenters. The Morgan fingerprint density at radius 1 is 0.933 bits per heavy atom. The fourth-order valence-electron chi connectivity index (χ4n) is 5.70. The molecular formula is C36H33N3O5S. The van der Waals surface area contributed by atoms with Crippen molar-refractivity contribution in [3.63, 3.8) is 0 Å². The second-order valence-electron chi connectivity index (χ2n) is 10.6. The first-order valence-electron chi connectivity index (χ1n) is 14.6. The summed E-state index contributed by atoms with van der Waals surface area (Å²) in [5, 5.41) is 4.99. The first-order valence-corrected chi connectivity index (χ1v) is 15.4. The number of carbonyl (C=O) groups is 1. The van der Waals surface area contributed by atoms with Gasteiger partial charge in [0, 0.05) is 11.1 Å². The van der Waals surface area contributed by atoms with Gasteiger partial charge in [-0.2, -0.15) is 0 Å². The number of nitrogens with zero attached hydrogens (tertiary/aromatic N) is 2. The lowest BCUT2D eigenvalue weighted by molar-refractivity contribution is -0.113. The zero-order valence-corrected chi connectivity index (χ0v) is 26.5. The topological polar surface area (TPSA) is 91.1 Å². The standard InChI is InChI=1S/C36H33N3O5S/c1-6-44-28-17-15-23(25-12-8-9-13-26(25)28)20-31-35(41)39-33(24-16-18-29(42-4)30(19-24)43-5)32(22(3)37-36(39)45-31)34(40)38-27-14-10-7-11-21(27)2/h7-20,33H,6H2,1-5H3,(H,38,40)/b31-20-. The van der Waals surface area contributed by atoms with E-state index >= 15 is 0 Å². The summed E-state index contributed by atoms with van der Waals surface area (Å²) in [6.07, 6.45) is 1.89. The molecule has 0 spiro atoms. The lowest BCUT2D eigenvalue weighted by atomic mass is 9.94. The van der Waals surface area contributed by atoms with Gasteiger partial charge in [-0.15, -0.1) is 0 Å². The number of carbonyl (C=O) groups excluding carboxylic acids is 1. The van der Waals surface area contributed by atoms with Crippen LogP contribution < -0.4 is 34.4 Å². The van der Waals surface area contributed by atoms with Crippen molar-refractivity contribution >= 4 is 39.8 Å². The van der Waals surface area contributed by atoms with Crippen molar-refractivity contribution in [3.05, 3.63) is 127 Å². The summed E-state index contributed by atoms with van der Waals surface area (Å²) in [4.78, 5) is 33.6. The zero-order valence-electron chi connectivity index (χ0n) is 25.7. The Kier molecular flexibility index (Phi) is 8.28. The molecule has 9 heteroatoms. The largest absolute Gasteiger partial charge is 0.493 e. The molecule has 1 unspecified atom stereocenters. The van der Waals surface area contributed by atoms with Crippen molar-refractivity contribution in [2.45, 2.75) is 26.8 Å². The predicted octanol–water partition coefficient (Wildman–Crippen LogP) is 5.75. The van der Waals surface area contributed by atoms with Crippen molar-refractivity contribution in [2.75, 3.05) is 26.1 Å². The second kappa shape index (κ2) is 12.5. The van der Waals surface area contributed by atoms with E-state index in [1.807, 2.05) is 86.7 Å². The molecule has 5 aromatic rings. The van der Waals surface area contributed by atoms with Gasteiger partial charge < -0.3 is 19.5 Å². The minimum absolute atomic E-state index is 0.245. The SMILES string of the molecule is CCOc1ccc(/C=c2\sc3n(c2=O)C(c2ccc(OC)c(OC)c2)C(C(=O)Nc2ccccc2C)=C(C)N=3)c2ccccc12. The van der Waals surface area contributed by atoms with Crippen LogP contribution in [0.2, 0.25) is 0 Å². The molecule has 45 heavy (non-hydrogen) atoms. The Bertz CT molecular complexity index is 2160. The highest BCUT2D eigenvalue weighted by Crippen LogP contribution is 2.36. The molecule has 0 saturated carbocycles. The van der Waals surface area contributed by atoms with Gasteiger partial charge in [0.1, 0.15) is 5.75 Å². The molecule has 6 rings (SSSR count). The molecule has 0 radical (unpaired) electrons. The molecule has 0 saturated heterocycles. The highest BCUT2D eigenvalue weighted by molar-refractivity contribution is 7.07. The third-order valence-electron chi connectivity index (χ3n) is 7.89. The van der Waals surface area contributed by atoms with Crippen LogP contribution in [0, 0.1) is 6.92 Å². The normalized spacial score (nSPS) is 14.6. The molecule has 1 aliphatic heterocycles. The Morgan fingerprint density at radius 2 is 1.64 bits per heavy atom. The molecule has 0 bridgehead atoms. The van der Waals surface area contributed by atoms with Crippen LogP contribution in [-0.4, -0.2) is 31.3 Å². The van der Waals surface area contributed by atoms with Gasteiger partial charge in [0.25, 0.3) is 11.5 Å². The number of rotatable bonds is 8. The number of para-hydroxylation sites is 1. The summed E-state index contributed by atoms with van der Waals surface area (Å²) in [6.45, 7) is 6.24. The van der Waals surface area contributed by atoms with Crippen LogP contribution in [0.3, 0.4) is 0 Å². The number of aryl methyl sites for hydroxylation is 1. The van der Waals surface area contributed by atoms with Gasteiger partial charge in [0.15, 0.2) is 16.3 Å². The van der Waals surface area contributed by atoms with Crippen LogP contribution in [0.1, 0.15) is 36.6 Å². The average molecular weight is 620 g/mol. The summed E-state index contributed by atoms with van der Waals surface area (Å²) in [6, 6.07) is 24.1. The number of hydrogen-bond acceptors (Lipinski definition) is 7. The molecule has 1 aliphatic rings. The minimum atomic E-state index is -0.760. The summed E-state index contributed by atoms with van der Waals surface area (Å²) in [7, 11) is 3.12. The third kappa shape index (κ3) is 5.51. The van der Waals surface area contributed by atoms with E-state index in [2.05, 4.69) is 5.32 Å². The van der Waals surface area contributed by atoms with Crippen LogP contribution in [0.5, 0.6) is 17.2 Å². The number of amides is 1. The summed E-state index contributed by atoms with van der Waals surface area (Å²) in [5.41, 5.74) is 3.84. The fraction of sp³-hybridized carbons (Fsp3) is 0.194. The number of hydrogen-bond donors (Lipinski definition) is 1. The molecule has 1 amide bonds. The van der Waals surface area contributed by atoms with Gasteiger partial charge in [-0.05, 0) is 73.2 Å². The Balaban J connectivity index is 1.54. The quantitative estimate of drug-likeness (QED) is 0.239. The molecule has 0 aliphatic carbocycles. The number of ether oxygens (including phenoxy) is 3. The molecule has 1 N–H and O–H groups in total. The van der Waals surface area contributed by atoms with E-state index in [0.29, 0.717) is 50.0 Å². The van der Waals surface area contributed by atoms with Crippen molar-refractivity contribution in [1.29, 1.82) is 0 Å². The zero-order chi connectivity index (χ0) is 31.7. The lowest BCUT2D eigenvalue weighted by Crippen LogP contribution is -2.40.